The van der Waals surface area contributed by atoms with Gasteiger partial charge in [0.05, 0.1) is 0 Å². The molecule has 1 amide bonds. The summed E-state index contributed by atoms with van der Waals surface area (Å²) in [4.78, 5) is 11.8. The molecule has 122 valence electrons. The lowest BCUT2D eigenvalue weighted by Crippen LogP contribution is -2.25. The number of halogens is 1. The largest absolute Gasteiger partial charge is 0.484 e. The van der Waals surface area contributed by atoms with E-state index in [1.807, 2.05) is 32.9 Å². The van der Waals surface area contributed by atoms with E-state index in [1.54, 1.807) is 0 Å². The highest BCUT2D eigenvalue weighted by Gasteiger charge is 2.06. The van der Waals surface area contributed by atoms with Crippen LogP contribution in [0.3, 0.4) is 0 Å². The lowest BCUT2D eigenvalue weighted by molar-refractivity contribution is -0.123. The number of aryl methyl sites for hydroxylation is 2. The maximum atomic E-state index is 11.8. The molecule has 1 rings (SSSR count). The Hall–Kier alpha value is -1.55. The molecule has 1 aromatic rings. The molecule has 5 heteroatoms. The van der Waals surface area contributed by atoms with Crippen LogP contribution < -0.4 is 10.2 Å². The van der Waals surface area contributed by atoms with Gasteiger partial charge in [0.1, 0.15) is 5.75 Å². The SMILES string of the molecule is CCCC/C(CC)=N/NC(=O)COc1cc(C)c(Cl)c(C)c1. The number of hydrogen-bond acceptors (Lipinski definition) is 3. The molecule has 0 aliphatic carbocycles. The van der Waals surface area contributed by atoms with E-state index in [2.05, 4.69) is 17.5 Å². The van der Waals surface area contributed by atoms with E-state index in [-0.39, 0.29) is 12.5 Å². The number of rotatable bonds is 8. The summed E-state index contributed by atoms with van der Waals surface area (Å²) in [6.45, 7) is 7.93. The Balaban J connectivity index is 2.51. The number of nitrogens with one attached hydrogen (secondary N) is 1. The van der Waals surface area contributed by atoms with Crippen LogP contribution >= 0.6 is 11.6 Å². The quantitative estimate of drug-likeness (QED) is 0.569. The van der Waals surface area contributed by atoms with Gasteiger partial charge in [-0.25, -0.2) is 5.43 Å². The van der Waals surface area contributed by atoms with Crippen molar-refractivity contribution in [3.05, 3.63) is 28.3 Å². The number of ether oxygens (including phenoxy) is 1. The van der Waals surface area contributed by atoms with Crippen LogP contribution in [-0.4, -0.2) is 18.2 Å². The van der Waals surface area contributed by atoms with Gasteiger partial charge in [0.2, 0.25) is 0 Å². The first-order valence-corrected chi connectivity index (χ1v) is 8.09. The maximum Gasteiger partial charge on any atom is 0.277 e. The van der Waals surface area contributed by atoms with Gasteiger partial charge < -0.3 is 4.74 Å². The number of carbonyl (C=O) groups is 1. The molecule has 1 N–H and O–H groups in total. The normalized spacial score (nSPS) is 11.4. The Labute approximate surface area is 137 Å². The van der Waals surface area contributed by atoms with Crippen molar-refractivity contribution in [2.45, 2.75) is 53.4 Å². The molecule has 22 heavy (non-hydrogen) atoms. The van der Waals surface area contributed by atoms with E-state index in [4.69, 9.17) is 16.3 Å². The lowest BCUT2D eigenvalue weighted by Gasteiger charge is -2.09. The zero-order chi connectivity index (χ0) is 16.5. The smallest absolute Gasteiger partial charge is 0.277 e. The first-order chi connectivity index (χ1) is 10.5. The van der Waals surface area contributed by atoms with Gasteiger partial charge in [-0.2, -0.15) is 5.10 Å². The Bertz CT molecular complexity index is 518. The Morgan fingerprint density at radius 2 is 1.91 bits per heavy atom. The molecular formula is C17H25ClN2O2. The van der Waals surface area contributed by atoms with E-state index in [9.17, 15) is 4.79 Å². The van der Waals surface area contributed by atoms with Crippen molar-refractivity contribution in [2.24, 2.45) is 5.10 Å². The summed E-state index contributed by atoms with van der Waals surface area (Å²) in [6.07, 6.45) is 3.97. The highest BCUT2D eigenvalue weighted by atomic mass is 35.5. The minimum absolute atomic E-state index is 0.0607. The Kier molecular flexibility index (Phi) is 7.96. The summed E-state index contributed by atoms with van der Waals surface area (Å²) in [5, 5.41) is 4.88. The van der Waals surface area contributed by atoms with Gasteiger partial charge in [0.25, 0.3) is 5.91 Å². The zero-order valence-corrected chi connectivity index (χ0v) is 14.6. The molecule has 0 aromatic heterocycles. The monoisotopic (exact) mass is 324 g/mol. The van der Waals surface area contributed by atoms with Crippen LogP contribution in [0.5, 0.6) is 5.75 Å². The molecule has 0 unspecified atom stereocenters. The van der Waals surface area contributed by atoms with E-state index in [0.717, 1.165) is 47.5 Å². The Morgan fingerprint density at radius 3 is 2.45 bits per heavy atom. The first-order valence-electron chi connectivity index (χ1n) is 7.71. The van der Waals surface area contributed by atoms with Gasteiger partial charge >= 0.3 is 0 Å². The number of benzene rings is 1. The maximum absolute atomic E-state index is 11.8. The molecule has 0 aliphatic heterocycles. The van der Waals surface area contributed by atoms with Crippen molar-refractivity contribution in [2.75, 3.05) is 6.61 Å². The number of amides is 1. The average Bonchev–Trinajstić information content (AvgIpc) is 2.50. The summed E-state index contributed by atoms with van der Waals surface area (Å²) in [5.74, 6) is 0.382. The van der Waals surface area contributed by atoms with Crippen molar-refractivity contribution < 1.29 is 9.53 Å². The van der Waals surface area contributed by atoms with Crippen LogP contribution in [0.25, 0.3) is 0 Å². The summed E-state index contributed by atoms with van der Waals surface area (Å²) in [7, 11) is 0. The summed E-state index contributed by atoms with van der Waals surface area (Å²) >= 11 is 6.10. The molecule has 1 aromatic carbocycles. The lowest BCUT2D eigenvalue weighted by atomic mass is 10.1. The molecule has 4 nitrogen and oxygen atoms in total. The summed E-state index contributed by atoms with van der Waals surface area (Å²) in [6, 6.07) is 3.65. The standard InChI is InChI=1S/C17H25ClN2O2/c1-5-7-8-14(6-2)19-20-16(21)11-22-15-9-12(3)17(18)13(4)10-15/h9-10H,5-8,11H2,1-4H3,(H,20,21)/b19-14+. The van der Waals surface area contributed by atoms with Crippen LogP contribution in [0.15, 0.2) is 17.2 Å². The van der Waals surface area contributed by atoms with Crippen LogP contribution in [0.4, 0.5) is 0 Å². The average molecular weight is 325 g/mol. The van der Waals surface area contributed by atoms with Gasteiger partial charge in [0.15, 0.2) is 6.61 Å². The third kappa shape index (κ3) is 6.06. The Morgan fingerprint density at radius 1 is 1.27 bits per heavy atom. The number of nitrogens with zero attached hydrogens (tertiary/aromatic N) is 1. The van der Waals surface area contributed by atoms with E-state index >= 15 is 0 Å². The molecular weight excluding hydrogens is 300 g/mol. The van der Waals surface area contributed by atoms with Crippen molar-refractivity contribution in [1.82, 2.24) is 5.43 Å². The van der Waals surface area contributed by atoms with Crippen LogP contribution in [0.2, 0.25) is 5.02 Å². The fraction of sp³-hybridized carbons (Fsp3) is 0.529. The minimum Gasteiger partial charge on any atom is -0.484 e. The van der Waals surface area contributed by atoms with E-state index in [1.165, 1.54) is 0 Å². The molecule has 0 bridgehead atoms. The molecule has 0 saturated carbocycles. The fourth-order valence-electron chi connectivity index (χ4n) is 2.00. The molecule has 0 fully saturated rings. The second kappa shape index (κ2) is 9.46. The van der Waals surface area contributed by atoms with Crippen molar-refractivity contribution in [3.63, 3.8) is 0 Å². The summed E-state index contributed by atoms with van der Waals surface area (Å²) < 4.78 is 5.49. The van der Waals surface area contributed by atoms with E-state index < -0.39 is 0 Å². The highest BCUT2D eigenvalue weighted by Crippen LogP contribution is 2.25. The van der Waals surface area contributed by atoms with Crippen molar-refractivity contribution in [3.8, 4) is 5.75 Å². The van der Waals surface area contributed by atoms with Crippen molar-refractivity contribution >= 4 is 23.2 Å². The molecule has 0 radical (unpaired) electrons. The minimum atomic E-state index is -0.257. The van der Waals surface area contributed by atoms with Gasteiger partial charge in [-0.1, -0.05) is 31.9 Å². The van der Waals surface area contributed by atoms with Crippen molar-refractivity contribution in [1.29, 1.82) is 0 Å². The molecule has 0 spiro atoms. The third-order valence-electron chi connectivity index (χ3n) is 3.35. The van der Waals surface area contributed by atoms with Gasteiger partial charge in [-0.3, -0.25) is 4.79 Å². The second-order valence-corrected chi connectivity index (χ2v) is 5.71. The van der Waals surface area contributed by atoms with E-state index in [0.29, 0.717) is 5.75 Å². The fourth-order valence-corrected chi connectivity index (χ4v) is 2.11. The molecule has 0 atom stereocenters. The first kappa shape index (κ1) is 18.5. The van der Waals surface area contributed by atoms with Gasteiger partial charge in [0, 0.05) is 10.7 Å². The highest BCUT2D eigenvalue weighted by molar-refractivity contribution is 6.32. The predicted molar refractivity (Wildman–Crippen MR) is 91.8 cm³/mol. The van der Waals surface area contributed by atoms with Crippen LogP contribution in [0.1, 0.15) is 50.7 Å². The topological polar surface area (TPSA) is 50.7 Å². The van der Waals surface area contributed by atoms with Gasteiger partial charge in [-0.15, -0.1) is 0 Å². The zero-order valence-electron chi connectivity index (χ0n) is 13.8. The van der Waals surface area contributed by atoms with Crippen LogP contribution in [-0.2, 0) is 4.79 Å². The molecule has 0 saturated heterocycles. The third-order valence-corrected chi connectivity index (χ3v) is 3.94. The molecule has 0 heterocycles. The number of unbranched alkanes of at least 4 members (excludes halogenated alkanes) is 1. The second-order valence-electron chi connectivity index (χ2n) is 5.33. The summed E-state index contributed by atoms with van der Waals surface area (Å²) in [5.41, 5.74) is 5.43. The van der Waals surface area contributed by atoms with Crippen LogP contribution in [0, 0.1) is 13.8 Å². The predicted octanol–water partition coefficient (Wildman–Crippen LogP) is 4.41. The van der Waals surface area contributed by atoms with Gasteiger partial charge in [-0.05, 0) is 56.4 Å². The number of hydrazone groups is 1. The number of hydrogen-bond donors (Lipinski definition) is 1. The molecule has 0 aliphatic rings. The number of carbonyl (C=O) groups excluding carboxylic acids is 1.